The lowest BCUT2D eigenvalue weighted by molar-refractivity contribution is -0.0721. The minimum atomic E-state index is 0. The number of guanidine groups is 1. The van der Waals surface area contributed by atoms with Crippen molar-refractivity contribution in [3.63, 3.8) is 0 Å². The summed E-state index contributed by atoms with van der Waals surface area (Å²) in [5, 5.41) is 7.89. The molecule has 2 aliphatic rings. The molecule has 0 amide bonds. The standard InChI is InChI=1S/C24H35N5O2.HI/c1-25-24(26-17-20-7-2-3-8-21(20)18-29-13-6-12-27-29)28-14-10-22(11-15-28)31-19-23-9-4-5-16-30-23;/h2-3,6-8,12-13,22-23H,4-5,9-11,14-19H2,1H3,(H,25,26);1H. The van der Waals surface area contributed by atoms with Crippen LogP contribution in [0, 0.1) is 0 Å². The molecule has 0 aliphatic carbocycles. The van der Waals surface area contributed by atoms with Gasteiger partial charge in [0.25, 0.3) is 0 Å². The van der Waals surface area contributed by atoms with Gasteiger partial charge in [0.2, 0.25) is 0 Å². The highest BCUT2D eigenvalue weighted by molar-refractivity contribution is 14.0. The first-order valence-electron chi connectivity index (χ1n) is 11.5. The van der Waals surface area contributed by atoms with E-state index in [1.165, 1.54) is 24.0 Å². The molecule has 32 heavy (non-hydrogen) atoms. The monoisotopic (exact) mass is 553 g/mol. The van der Waals surface area contributed by atoms with E-state index in [0.29, 0.717) is 12.2 Å². The first-order valence-corrected chi connectivity index (χ1v) is 11.5. The summed E-state index contributed by atoms with van der Waals surface area (Å²) >= 11 is 0. The van der Waals surface area contributed by atoms with E-state index in [0.717, 1.165) is 64.6 Å². The van der Waals surface area contributed by atoms with E-state index in [9.17, 15) is 0 Å². The highest BCUT2D eigenvalue weighted by atomic mass is 127. The molecule has 4 rings (SSSR count). The van der Waals surface area contributed by atoms with Crippen molar-refractivity contribution in [1.29, 1.82) is 0 Å². The first-order chi connectivity index (χ1) is 15.3. The zero-order chi connectivity index (χ0) is 21.3. The van der Waals surface area contributed by atoms with Crippen LogP contribution in [0.1, 0.15) is 43.2 Å². The molecular formula is C24H36IN5O2. The highest BCUT2D eigenvalue weighted by Gasteiger charge is 2.23. The largest absolute Gasteiger partial charge is 0.376 e. The Morgan fingerprint density at radius 3 is 2.66 bits per heavy atom. The zero-order valence-electron chi connectivity index (χ0n) is 19.0. The third-order valence-corrected chi connectivity index (χ3v) is 6.19. The molecule has 176 valence electrons. The molecule has 3 heterocycles. The van der Waals surface area contributed by atoms with E-state index < -0.39 is 0 Å². The number of rotatable bonds is 7. The van der Waals surface area contributed by atoms with Crippen LogP contribution in [0.15, 0.2) is 47.7 Å². The van der Waals surface area contributed by atoms with Gasteiger partial charge >= 0.3 is 0 Å². The maximum Gasteiger partial charge on any atom is 0.193 e. The summed E-state index contributed by atoms with van der Waals surface area (Å²) in [5.41, 5.74) is 2.54. The van der Waals surface area contributed by atoms with Crippen LogP contribution in [-0.2, 0) is 22.6 Å². The van der Waals surface area contributed by atoms with Crippen LogP contribution in [0.5, 0.6) is 0 Å². The van der Waals surface area contributed by atoms with E-state index >= 15 is 0 Å². The van der Waals surface area contributed by atoms with Crippen molar-refractivity contribution in [1.82, 2.24) is 20.0 Å². The van der Waals surface area contributed by atoms with Gasteiger partial charge in [-0.15, -0.1) is 24.0 Å². The van der Waals surface area contributed by atoms with Gasteiger partial charge in [0, 0.05) is 45.7 Å². The van der Waals surface area contributed by atoms with E-state index in [4.69, 9.17) is 9.47 Å². The summed E-state index contributed by atoms with van der Waals surface area (Å²) in [6.07, 6.45) is 10.1. The summed E-state index contributed by atoms with van der Waals surface area (Å²) in [4.78, 5) is 6.87. The van der Waals surface area contributed by atoms with Crippen molar-refractivity contribution < 1.29 is 9.47 Å². The Kier molecular flexibility index (Phi) is 10.3. The fourth-order valence-electron chi connectivity index (χ4n) is 4.38. The minimum Gasteiger partial charge on any atom is -0.376 e. The molecule has 0 bridgehead atoms. The van der Waals surface area contributed by atoms with Gasteiger partial charge in [-0.3, -0.25) is 9.67 Å². The maximum atomic E-state index is 6.16. The van der Waals surface area contributed by atoms with Gasteiger partial charge in [0.1, 0.15) is 0 Å². The quantitative estimate of drug-likeness (QED) is 0.322. The molecule has 8 heteroatoms. The molecule has 1 aromatic heterocycles. The number of piperidine rings is 1. The Morgan fingerprint density at radius 2 is 1.97 bits per heavy atom. The molecule has 7 nitrogen and oxygen atoms in total. The maximum absolute atomic E-state index is 6.16. The average Bonchev–Trinajstić information content (AvgIpc) is 3.34. The molecule has 1 atom stereocenters. The first kappa shape index (κ1) is 25.0. The number of halogens is 1. The van der Waals surface area contributed by atoms with Crippen LogP contribution < -0.4 is 5.32 Å². The van der Waals surface area contributed by atoms with Crippen molar-refractivity contribution in [3.8, 4) is 0 Å². The molecule has 1 unspecified atom stereocenters. The molecule has 2 fully saturated rings. The Bertz CT molecular complexity index is 816. The predicted octanol–water partition coefficient (Wildman–Crippen LogP) is 3.67. The Labute approximate surface area is 208 Å². The van der Waals surface area contributed by atoms with Crippen LogP contribution in [-0.4, -0.2) is 66.2 Å². The molecule has 0 spiro atoms. The third kappa shape index (κ3) is 7.18. The minimum absolute atomic E-state index is 0. The summed E-state index contributed by atoms with van der Waals surface area (Å²) in [7, 11) is 1.86. The number of aromatic nitrogens is 2. The van der Waals surface area contributed by atoms with Crippen molar-refractivity contribution in [2.75, 3.05) is 33.4 Å². The number of benzene rings is 1. The van der Waals surface area contributed by atoms with Crippen LogP contribution in [0.3, 0.4) is 0 Å². The van der Waals surface area contributed by atoms with Crippen LogP contribution in [0.25, 0.3) is 0 Å². The van der Waals surface area contributed by atoms with Crippen LogP contribution in [0.2, 0.25) is 0 Å². The second-order valence-corrected chi connectivity index (χ2v) is 8.38. The van der Waals surface area contributed by atoms with Gasteiger partial charge in [-0.1, -0.05) is 24.3 Å². The van der Waals surface area contributed by atoms with E-state index in [-0.39, 0.29) is 24.0 Å². The number of hydrogen-bond acceptors (Lipinski definition) is 4. The van der Waals surface area contributed by atoms with Gasteiger partial charge in [-0.2, -0.15) is 5.10 Å². The molecule has 1 N–H and O–H groups in total. The number of aliphatic imine (C=N–C) groups is 1. The molecule has 1 aromatic carbocycles. The van der Waals surface area contributed by atoms with Crippen molar-refractivity contribution >= 4 is 29.9 Å². The molecule has 2 aromatic rings. The summed E-state index contributed by atoms with van der Waals surface area (Å²) < 4.78 is 13.9. The van der Waals surface area contributed by atoms with Gasteiger partial charge < -0.3 is 19.7 Å². The second-order valence-electron chi connectivity index (χ2n) is 8.38. The van der Waals surface area contributed by atoms with Gasteiger partial charge in [-0.25, -0.2) is 0 Å². The summed E-state index contributed by atoms with van der Waals surface area (Å²) in [5.74, 6) is 0.961. The lowest BCUT2D eigenvalue weighted by Gasteiger charge is -2.35. The van der Waals surface area contributed by atoms with E-state index in [1.54, 1.807) is 0 Å². The van der Waals surface area contributed by atoms with Crippen molar-refractivity contribution in [3.05, 3.63) is 53.9 Å². The Balaban J connectivity index is 0.00000289. The van der Waals surface area contributed by atoms with Crippen molar-refractivity contribution in [2.24, 2.45) is 4.99 Å². The Morgan fingerprint density at radius 1 is 1.16 bits per heavy atom. The number of ether oxygens (including phenoxy) is 2. The summed E-state index contributed by atoms with van der Waals surface area (Å²) in [6, 6.07) is 10.5. The SMILES string of the molecule is CN=C(NCc1ccccc1Cn1cccn1)N1CCC(OCC2CCCCO2)CC1.I. The fourth-order valence-corrected chi connectivity index (χ4v) is 4.38. The highest BCUT2D eigenvalue weighted by Crippen LogP contribution is 2.18. The molecule has 0 saturated carbocycles. The zero-order valence-corrected chi connectivity index (χ0v) is 21.3. The topological polar surface area (TPSA) is 63.9 Å². The van der Waals surface area contributed by atoms with Crippen molar-refractivity contribution in [2.45, 2.75) is 57.4 Å². The Hall–Kier alpha value is -1.65. The average molecular weight is 553 g/mol. The third-order valence-electron chi connectivity index (χ3n) is 6.19. The number of hydrogen-bond donors (Lipinski definition) is 1. The second kappa shape index (κ2) is 13.2. The van der Waals surface area contributed by atoms with Gasteiger partial charge in [0.15, 0.2) is 5.96 Å². The number of nitrogens with one attached hydrogen (secondary N) is 1. The normalized spacial score (nSPS) is 20.1. The fraction of sp³-hybridized carbons (Fsp3) is 0.583. The molecule has 2 aliphatic heterocycles. The number of likely N-dealkylation sites (tertiary alicyclic amines) is 1. The summed E-state index contributed by atoms with van der Waals surface area (Å²) in [6.45, 7) is 5.08. The van der Waals surface area contributed by atoms with Crippen LogP contribution >= 0.6 is 24.0 Å². The van der Waals surface area contributed by atoms with Gasteiger partial charge in [-0.05, 0) is 49.3 Å². The lowest BCUT2D eigenvalue weighted by atomic mass is 10.1. The van der Waals surface area contributed by atoms with Crippen LogP contribution in [0.4, 0.5) is 0 Å². The number of nitrogens with zero attached hydrogens (tertiary/aromatic N) is 4. The smallest absolute Gasteiger partial charge is 0.193 e. The van der Waals surface area contributed by atoms with E-state index in [1.807, 2.05) is 30.2 Å². The molecule has 2 saturated heterocycles. The van der Waals surface area contributed by atoms with Gasteiger partial charge in [0.05, 0.1) is 25.4 Å². The lowest BCUT2D eigenvalue weighted by Crippen LogP contribution is -2.47. The molecule has 0 radical (unpaired) electrons. The van der Waals surface area contributed by atoms with E-state index in [2.05, 4.69) is 44.6 Å². The molecular weight excluding hydrogens is 517 g/mol. The predicted molar refractivity (Wildman–Crippen MR) is 138 cm³/mol.